The van der Waals surface area contributed by atoms with E-state index in [0.717, 1.165) is 0 Å². The first-order valence-electron chi connectivity index (χ1n) is 7.29. The number of halogens is 2. The highest BCUT2D eigenvalue weighted by Gasteiger charge is 2.17. The molecule has 124 valence electrons. The van der Waals surface area contributed by atoms with Gasteiger partial charge in [0.1, 0.15) is 17.3 Å². The van der Waals surface area contributed by atoms with E-state index in [4.69, 9.17) is 4.42 Å². The Hall–Kier alpha value is -2.41. The molecule has 2 heterocycles. The van der Waals surface area contributed by atoms with E-state index < -0.39 is 0 Å². The second-order valence-electron chi connectivity index (χ2n) is 5.40. The van der Waals surface area contributed by atoms with Crippen molar-refractivity contribution in [2.45, 2.75) is 20.4 Å². The molecule has 24 heavy (non-hydrogen) atoms. The molecule has 5 nitrogen and oxygen atoms in total. The average Bonchev–Trinajstić information content (AvgIpc) is 3.04. The van der Waals surface area contributed by atoms with E-state index in [1.165, 1.54) is 6.07 Å². The smallest absolute Gasteiger partial charge is 0.260 e. The van der Waals surface area contributed by atoms with Gasteiger partial charge in [0.25, 0.3) is 5.91 Å². The number of anilines is 1. The van der Waals surface area contributed by atoms with Crippen molar-refractivity contribution in [3.05, 3.63) is 69.5 Å². The normalized spacial score (nSPS) is 10.8. The van der Waals surface area contributed by atoms with Crippen molar-refractivity contribution in [2.75, 3.05) is 5.32 Å². The van der Waals surface area contributed by atoms with Crippen LogP contribution in [0.5, 0.6) is 0 Å². The van der Waals surface area contributed by atoms with Gasteiger partial charge < -0.3 is 9.73 Å². The van der Waals surface area contributed by atoms with E-state index >= 15 is 0 Å². The van der Waals surface area contributed by atoms with Crippen molar-refractivity contribution in [2.24, 2.45) is 0 Å². The van der Waals surface area contributed by atoms with Crippen LogP contribution in [0, 0.1) is 19.7 Å². The molecule has 0 radical (unpaired) electrons. The number of nitrogens with zero attached hydrogens (tertiary/aromatic N) is 2. The van der Waals surface area contributed by atoms with Crippen LogP contribution in [0.2, 0.25) is 0 Å². The summed E-state index contributed by atoms with van der Waals surface area (Å²) in [5, 5.41) is 7.02. The van der Waals surface area contributed by atoms with Crippen LogP contribution in [0.4, 0.5) is 10.2 Å². The number of nitrogens with one attached hydrogen (secondary N) is 1. The fourth-order valence-electron chi connectivity index (χ4n) is 2.40. The fourth-order valence-corrected chi connectivity index (χ4v) is 2.81. The zero-order valence-corrected chi connectivity index (χ0v) is 14.7. The SMILES string of the molecule is Cc1cc(C(=O)Nc2nn(Cc3ccccc3F)cc2Br)c(C)o1. The van der Waals surface area contributed by atoms with Gasteiger partial charge in [0.2, 0.25) is 0 Å². The molecule has 3 rings (SSSR count). The van der Waals surface area contributed by atoms with Gasteiger partial charge in [-0.25, -0.2) is 4.39 Å². The number of carbonyl (C=O) groups excluding carboxylic acids is 1. The standard InChI is InChI=1S/C17H15BrFN3O2/c1-10-7-13(11(2)24-10)17(23)20-16-14(18)9-22(21-16)8-12-5-3-4-6-15(12)19/h3-7,9H,8H2,1-2H3,(H,20,21,23). The van der Waals surface area contributed by atoms with Gasteiger partial charge in [-0.3, -0.25) is 9.48 Å². The minimum Gasteiger partial charge on any atom is -0.466 e. The predicted octanol–water partition coefficient (Wildman–Crippen LogP) is 4.30. The quantitative estimate of drug-likeness (QED) is 0.721. The van der Waals surface area contributed by atoms with Gasteiger partial charge in [0.05, 0.1) is 16.6 Å². The molecule has 0 unspecified atom stereocenters. The summed E-state index contributed by atoms with van der Waals surface area (Å²) in [4.78, 5) is 12.3. The van der Waals surface area contributed by atoms with Crippen LogP contribution >= 0.6 is 15.9 Å². The topological polar surface area (TPSA) is 60.1 Å². The van der Waals surface area contributed by atoms with Gasteiger partial charge in [-0.15, -0.1) is 0 Å². The molecule has 7 heteroatoms. The highest BCUT2D eigenvalue weighted by Crippen LogP contribution is 2.23. The third kappa shape index (κ3) is 3.41. The van der Waals surface area contributed by atoms with Gasteiger partial charge in [0, 0.05) is 11.8 Å². The second kappa shape index (κ2) is 6.60. The van der Waals surface area contributed by atoms with Gasteiger partial charge in [-0.2, -0.15) is 5.10 Å². The molecule has 0 saturated heterocycles. The number of carbonyl (C=O) groups is 1. The maximum Gasteiger partial charge on any atom is 0.260 e. The largest absolute Gasteiger partial charge is 0.466 e. The van der Waals surface area contributed by atoms with E-state index in [0.29, 0.717) is 32.9 Å². The van der Waals surface area contributed by atoms with Crippen molar-refractivity contribution in [1.29, 1.82) is 0 Å². The lowest BCUT2D eigenvalue weighted by Crippen LogP contribution is -2.13. The molecule has 2 aromatic heterocycles. The minimum atomic E-state index is -0.304. The van der Waals surface area contributed by atoms with Crippen molar-refractivity contribution in [3.8, 4) is 0 Å². The monoisotopic (exact) mass is 391 g/mol. The van der Waals surface area contributed by atoms with E-state index in [1.54, 1.807) is 49.0 Å². The van der Waals surface area contributed by atoms with Crippen molar-refractivity contribution < 1.29 is 13.6 Å². The predicted molar refractivity (Wildman–Crippen MR) is 91.6 cm³/mol. The molecule has 1 amide bonds. The first-order valence-corrected chi connectivity index (χ1v) is 8.08. The summed E-state index contributed by atoms with van der Waals surface area (Å²) in [5.41, 5.74) is 0.981. The molecule has 0 atom stereocenters. The summed E-state index contributed by atoms with van der Waals surface area (Å²) in [6.45, 7) is 3.78. The first kappa shape index (κ1) is 16.4. The molecule has 0 aliphatic carbocycles. The second-order valence-corrected chi connectivity index (χ2v) is 6.25. The number of benzene rings is 1. The summed E-state index contributed by atoms with van der Waals surface area (Å²) in [5.74, 6) is 0.990. The van der Waals surface area contributed by atoms with Crippen LogP contribution in [0.1, 0.15) is 27.4 Å². The van der Waals surface area contributed by atoms with Crippen LogP contribution in [0.15, 0.2) is 45.4 Å². The highest BCUT2D eigenvalue weighted by molar-refractivity contribution is 9.10. The van der Waals surface area contributed by atoms with Gasteiger partial charge >= 0.3 is 0 Å². The Morgan fingerprint density at radius 2 is 2.12 bits per heavy atom. The van der Waals surface area contributed by atoms with Crippen LogP contribution < -0.4 is 5.32 Å². The molecule has 0 aliphatic rings. The van der Waals surface area contributed by atoms with E-state index in [-0.39, 0.29) is 18.3 Å². The highest BCUT2D eigenvalue weighted by atomic mass is 79.9. The van der Waals surface area contributed by atoms with Crippen LogP contribution in [0.3, 0.4) is 0 Å². The van der Waals surface area contributed by atoms with Gasteiger partial charge in [0.15, 0.2) is 5.82 Å². The molecule has 0 saturated carbocycles. The number of hydrogen-bond acceptors (Lipinski definition) is 3. The molecule has 0 bridgehead atoms. The molecule has 0 spiro atoms. The third-order valence-electron chi connectivity index (χ3n) is 3.52. The summed E-state index contributed by atoms with van der Waals surface area (Å²) >= 11 is 3.36. The van der Waals surface area contributed by atoms with Crippen molar-refractivity contribution in [1.82, 2.24) is 9.78 Å². The summed E-state index contributed by atoms with van der Waals surface area (Å²) in [7, 11) is 0. The van der Waals surface area contributed by atoms with E-state index in [9.17, 15) is 9.18 Å². The Labute approximate surface area is 146 Å². The first-order chi connectivity index (χ1) is 11.4. The number of furan rings is 1. The number of amides is 1. The van der Waals surface area contributed by atoms with Gasteiger partial charge in [-0.1, -0.05) is 18.2 Å². The zero-order chi connectivity index (χ0) is 17.3. The van der Waals surface area contributed by atoms with Crippen LogP contribution in [-0.4, -0.2) is 15.7 Å². The lowest BCUT2D eigenvalue weighted by atomic mass is 10.2. The number of aromatic nitrogens is 2. The molecule has 1 aromatic carbocycles. The molecule has 0 aliphatic heterocycles. The number of aryl methyl sites for hydroxylation is 2. The molecule has 1 N–H and O–H groups in total. The lowest BCUT2D eigenvalue weighted by molar-refractivity contribution is 0.102. The summed E-state index contributed by atoms with van der Waals surface area (Å²) < 4.78 is 21.3. The Kier molecular flexibility index (Phi) is 4.53. The number of hydrogen-bond donors (Lipinski definition) is 1. The third-order valence-corrected chi connectivity index (χ3v) is 4.11. The number of rotatable bonds is 4. The van der Waals surface area contributed by atoms with Gasteiger partial charge in [-0.05, 0) is 41.9 Å². The van der Waals surface area contributed by atoms with Crippen molar-refractivity contribution in [3.63, 3.8) is 0 Å². The lowest BCUT2D eigenvalue weighted by Gasteiger charge is -2.03. The van der Waals surface area contributed by atoms with Crippen molar-refractivity contribution >= 4 is 27.7 Å². The Morgan fingerprint density at radius 3 is 2.79 bits per heavy atom. The van der Waals surface area contributed by atoms with E-state index in [2.05, 4.69) is 26.3 Å². The molecular formula is C17H15BrFN3O2. The maximum atomic E-state index is 13.7. The Morgan fingerprint density at radius 1 is 1.38 bits per heavy atom. The van der Waals surface area contributed by atoms with Crippen LogP contribution in [-0.2, 0) is 6.54 Å². The maximum absolute atomic E-state index is 13.7. The summed E-state index contributed by atoms with van der Waals surface area (Å²) in [6, 6.07) is 8.18. The zero-order valence-electron chi connectivity index (χ0n) is 13.1. The van der Waals surface area contributed by atoms with E-state index in [1.807, 2.05) is 0 Å². The molecule has 3 aromatic rings. The molecular weight excluding hydrogens is 377 g/mol. The average molecular weight is 392 g/mol. The fraction of sp³-hybridized carbons (Fsp3) is 0.176. The Balaban J connectivity index is 1.78. The summed E-state index contributed by atoms with van der Waals surface area (Å²) in [6.07, 6.45) is 1.69. The molecule has 0 fully saturated rings. The minimum absolute atomic E-state index is 0.269. The van der Waals surface area contributed by atoms with Crippen LogP contribution in [0.25, 0.3) is 0 Å². The Bertz CT molecular complexity index is 901.